The molecule has 0 unspecified atom stereocenters. The zero-order valence-corrected chi connectivity index (χ0v) is 11.0. The predicted molar refractivity (Wildman–Crippen MR) is 66.2 cm³/mol. The van der Waals surface area contributed by atoms with Crippen molar-refractivity contribution in [3.05, 3.63) is 23.8 Å². The summed E-state index contributed by atoms with van der Waals surface area (Å²) in [6, 6.07) is 4.35. The Balaban J connectivity index is 3.02. The summed E-state index contributed by atoms with van der Waals surface area (Å²) < 4.78 is 14.7. The van der Waals surface area contributed by atoms with Crippen LogP contribution >= 0.6 is 0 Å². The summed E-state index contributed by atoms with van der Waals surface area (Å²) in [6.45, 7) is 1.21. The first-order valence-electron chi connectivity index (χ1n) is 5.62. The first-order chi connectivity index (χ1) is 9.03. The lowest BCUT2D eigenvalue weighted by Gasteiger charge is -2.12. The van der Waals surface area contributed by atoms with E-state index in [0.717, 1.165) is 0 Å². The Hall–Kier alpha value is -2.08. The van der Waals surface area contributed by atoms with Crippen LogP contribution in [0.25, 0.3) is 0 Å². The number of carbonyl (C=O) groups is 2. The van der Waals surface area contributed by atoms with Crippen LogP contribution in [0.3, 0.4) is 0 Å². The molecular weight excluding hydrogens is 252 g/mol. The second kappa shape index (κ2) is 6.75. The second-order valence-corrected chi connectivity index (χ2v) is 3.86. The molecule has 1 aromatic carbocycles. The largest absolute Gasteiger partial charge is 0.493 e. The van der Waals surface area contributed by atoms with Crippen molar-refractivity contribution in [2.75, 3.05) is 20.8 Å². The number of methoxy groups -OCH3 is 2. The van der Waals surface area contributed by atoms with Crippen molar-refractivity contribution in [2.24, 2.45) is 5.92 Å². The van der Waals surface area contributed by atoms with Gasteiger partial charge in [-0.25, -0.2) is 4.79 Å². The Kier molecular flexibility index (Phi) is 5.32. The normalized spacial score (nSPS) is 11.6. The molecule has 0 fully saturated rings. The molecule has 0 amide bonds. The fourth-order valence-electron chi connectivity index (χ4n) is 1.28. The summed E-state index contributed by atoms with van der Waals surface area (Å²) in [5.41, 5.74) is 0.239. The van der Waals surface area contributed by atoms with E-state index >= 15 is 0 Å². The van der Waals surface area contributed by atoms with E-state index < -0.39 is 17.9 Å². The van der Waals surface area contributed by atoms with Crippen LogP contribution in [0.4, 0.5) is 0 Å². The van der Waals surface area contributed by atoms with Gasteiger partial charge in [-0.15, -0.1) is 0 Å². The van der Waals surface area contributed by atoms with E-state index in [4.69, 9.17) is 14.6 Å². The maximum Gasteiger partial charge on any atom is 0.337 e. The first-order valence-corrected chi connectivity index (χ1v) is 5.62. The number of aliphatic hydroxyl groups excluding tert-OH is 1. The third-order valence-electron chi connectivity index (χ3n) is 2.47. The van der Waals surface area contributed by atoms with Gasteiger partial charge in [0.05, 0.1) is 32.3 Å². The fourth-order valence-corrected chi connectivity index (χ4v) is 1.28. The second-order valence-electron chi connectivity index (χ2n) is 3.86. The molecule has 104 valence electrons. The molecule has 1 atom stereocenters. The molecule has 0 aliphatic carbocycles. The molecule has 0 saturated heterocycles. The van der Waals surface area contributed by atoms with E-state index in [1.165, 1.54) is 39.3 Å². The molecule has 6 nitrogen and oxygen atoms in total. The van der Waals surface area contributed by atoms with Gasteiger partial charge >= 0.3 is 11.9 Å². The number of rotatable bonds is 5. The zero-order chi connectivity index (χ0) is 14.4. The molecule has 0 aliphatic rings. The van der Waals surface area contributed by atoms with Crippen LogP contribution in [-0.4, -0.2) is 37.9 Å². The molecule has 1 N–H and O–H groups in total. The van der Waals surface area contributed by atoms with Crippen molar-refractivity contribution in [3.63, 3.8) is 0 Å². The van der Waals surface area contributed by atoms with Crippen molar-refractivity contribution >= 4 is 11.9 Å². The highest BCUT2D eigenvalue weighted by molar-refractivity contribution is 5.90. The van der Waals surface area contributed by atoms with Crippen molar-refractivity contribution < 1.29 is 28.9 Å². The van der Waals surface area contributed by atoms with E-state index in [2.05, 4.69) is 4.74 Å². The van der Waals surface area contributed by atoms with E-state index in [0.29, 0.717) is 5.75 Å². The van der Waals surface area contributed by atoms with Gasteiger partial charge in [0.2, 0.25) is 0 Å². The highest BCUT2D eigenvalue weighted by atomic mass is 16.6. The number of ether oxygens (including phenoxy) is 3. The van der Waals surface area contributed by atoms with Gasteiger partial charge in [0, 0.05) is 0 Å². The summed E-state index contributed by atoms with van der Waals surface area (Å²) in [5.74, 6) is -1.40. The van der Waals surface area contributed by atoms with Crippen molar-refractivity contribution in [1.29, 1.82) is 0 Å². The molecule has 1 aromatic rings. The quantitative estimate of drug-likeness (QED) is 0.634. The highest BCUT2D eigenvalue weighted by Gasteiger charge is 2.18. The highest BCUT2D eigenvalue weighted by Crippen LogP contribution is 2.29. The Morgan fingerprint density at radius 2 is 1.95 bits per heavy atom. The summed E-state index contributed by atoms with van der Waals surface area (Å²) in [6.07, 6.45) is 0. The minimum atomic E-state index is -0.661. The smallest absolute Gasteiger partial charge is 0.337 e. The molecular formula is C13H16O6. The van der Waals surface area contributed by atoms with Gasteiger partial charge in [-0.1, -0.05) is 0 Å². The van der Waals surface area contributed by atoms with Crippen molar-refractivity contribution in [2.45, 2.75) is 6.92 Å². The molecule has 0 heterocycles. The summed E-state index contributed by atoms with van der Waals surface area (Å²) in [7, 11) is 2.67. The van der Waals surface area contributed by atoms with Gasteiger partial charge < -0.3 is 19.3 Å². The lowest BCUT2D eigenvalue weighted by Crippen LogP contribution is -2.21. The van der Waals surface area contributed by atoms with E-state index in [1.807, 2.05) is 0 Å². The minimum absolute atomic E-state index is 0.107. The Labute approximate surface area is 110 Å². The Bertz CT molecular complexity index is 468. The number of aliphatic hydroxyl groups is 1. The molecule has 0 radical (unpaired) electrons. The van der Waals surface area contributed by atoms with Crippen LogP contribution in [0.15, 0.2) is 18.2 Å². The summed E-state index contributed by atoms with van der Waals surface area (Å²) in [5, 5.41) is 8.88. The SMILES string of the molecule is COC(=O)c1ccc(OC)c(OC(=O)[C@@H](C)CO)c1. The van der Waals surface area contributed by atoms with Gasteiger partial charge in [0.15, 0.2) is 11.5 Å². The Morgan fingerprint density at radius 1 is 1.26 bits per heavy atom. The van der Waals surface area contributed by atoms with Gasteiger partial charge in [-0.2, -0.15) is 0 Å². The summed E-state index contributed by atoms with van der Waals surface area (Å²) >= 11 is 0. The number of hydrogen-bond donors (Lipinski definition) is 1. The van der Waals surface area contributed by atoms with Crippen LogP contribution in [0.2, 0.25) is 0 Å². The van der Waals surface area contributed by atoms with E-state index in [-0.39, 0.29) is 17.9 Å². The molecule has 0 spiro atoms. The number of hydrogen-bond acceptors (Lipinski definition) is 6. The third-order valence-corrected chi connectivity index (χ3v) is 2.47. The molecule has 19 heavy (non-hydrogen) atoms. The minimum Gasteiger partial charge on any atom is -0.493 e. The van der Waals surface area contributed by atoms with Crippen molar-refractivity contribution in [1.82, 2.24) is 0 Å². The summed E-state index contributed by atoms with van der Waals surface area (Å²) in [4.78, 5) is 23.0. The number of benzene rings is 1. The van der Waals surface area contributed by atoms with Crippen LogP contribution in [0, 0.1) is 5.92 Å². The van der Waals surface area contributed by atoms with E-state index in [1.54, 1.807) is 0 Å². The molecule has 0 aromatic heterocycles. The van der Waals surface area contributed by atoms with Gasteiger partial charge in [-0.3, -0.25) is 4.79 Å². The maximum atomic E-state index is 11.6. The van der Waals surface area contributed by atoms with Gasteiger partial charge in [-0.05, 0) is 25.1 Å². The molecule has 6 heteroatoms. The van der Waals surface area contributed by atoms with Crippen LogP contribution in [0.1, 0.15) is 17.3 Å². The fraction of sp³-hybridized carbons (Fsp3) is 0.385. The third kappa shape index (κ3) is 3.69. The van der Waals surface area contributed by atoms with E-state index in [9.17, 15) is 9.59 Å². The maximum absolute atomic E-state index is 11.6. The zero-order valence-electron chi connectivity index (χ0n) is 11.0. The molecule has 0 aliphatic heterocycles. The Morgan fingerprint density at radius 3 is 2.47 bits per heavy atom. The molecule has 0 saturated carbocycles. The van der Waals surface area contributed by atoms with Crippen LogP contribution in [0.5, 0.6) is 11.5 Å². The topological polar surface area (TPSA) is 82.1 Å². The van der Waals surface area contributed by atoms with Gasteiger partial charge in [0.25, 0.3) is 0 Å². The van der Waals surface area contributed by atoms with Crippen LogP contribution < -0.4 is 9.47 Å². The number of esters is 2. The molecule has 1 rings (SSSR count). The predicted octanol–water partition coefficient (Wildman–Crippen LogP) is 1.02. The number of carbonyl (C=O) groups excluding carboxylic acids is 2. The molecule has 0 bridgehead atoms. The monoisotopic (exact) mass is 268 g/mol. The average molecular weight is 268 g/mol. The lowest BCUT2D eigenvalue weighted by atomic mass is 10.2. The van der Waals surface area contributed by atoms with Gasteiger partial charge in [0.1, 0.15) is 0 Å². The van der Waals surface area contributed by atoms with Crippen LogP contribution in [-0.2, 0) is 9.53 Å². The first kappa shape index (κ1) is 15.0. The lowest BCUT2D eigenvalue weighted by molar-refractivity contribution is -0.139. The standard InChI is InChI=1S/C13H16O6/c1-8(7-14)12(15)19-11-6-9(13(16)18-3)4-5-10(11)17-2/h4-6,8,14H,7H2,1-3H3/t8-/m0/s1. The van der Waals surface area contributed by atoms with Crippen molar-refractivity contribution in [3.8, 4) is 11.5 Å². The average Bonchev–Trinajstić information content (AvgIpc) is 2.45.